The number of unbranched alkanes of at least 4 members (excludes halogenated alkanes) is 1. The summed E-state index contributed by atoms with van der Waals surface area (Å²) in [6, 6.07) is 24.9. The molecule has 0 fully saturated rings. The van der Waals surface area contributed by atoms with Gasteiger partial charge in [0.05, 0.1) is 24.8 Å². The van der Waals surface area contributed by atoms with Gasteiger partial charge in [-0.2, -0.15) is 0 Å². The lowest BCUT2D eigenvalue weighted by Gasteiger charge is -2.34. The average Bonchev–Trinajstić information content (AvgIpc) is 3.09. The molecule has 0 aromatic heterocycles. The highest BCUT2D eigenvalue weighted by Gasteiger charge is 2.35. The number of nitrogens with zero attached hydrogens (tertiary/aromatic N) is 2. The maximum absolute atomic E-state index is 14.6. The van der Waals surface area contributed by atoms with Gasteiger partial charge in [0.15, 0.2) is 0 Å². The van der Waals surface area contributed by atoms with E-state index in [1.54, 1.807) is 24.3 Å². The fourth-order valence-corrected chi connectivity index (χ4v) is 6.61. The third-order valence-electron chi connectivity index (χ3n) is 7.91. The van der Waals surface area contributed by atoms with E-state index in [-0.39, 0.29) is 35.2 Å². The van der Waals surface area contributed by atoms with Gasteiger partial charge in [0, 0.05) is 25.6 Å². The molecule has 0 aliphatic heterocycles. The van der Waals surface area contributed by atoms with Crippen LogP contribution in [0.2, 0.25) is 0 Å². The van der Waals surface area contributed by atoms with Crippen LogP contribution in [0.5, 0.6) is 11.5 Å². The van der Waals surface area contributed by atoms with E-state index in [4.69, 9.17) is 9.47 Å². The van der Waals surface area contributed by atoms with Crippen LogP contribution in [0.1, 0.15) is 36.5 Å². The number of carbonyl (C=O) groups is 2. The van der Waals surface area contributed by atoms with Crippen LogP contribution >= 0.6 is 0 Å². The molecule has 0 aliphatic carbocycles. The molecular formula is C37H42FN3O6S. The Morgan fingerprint density at radius 3 is 2.19 bits per heavy atom. The summed E-state index contributed by atoms with van der Waals surface area (Å²) in [5.41, 5.74) is 2.32. The number of aryl methyl sites for hydroxylation is 1. The number of sulfonamides is 1. The van der Waals surface area contributed by atoms with Crippen molar-refractivity contribution >= 4 is 27.5 Å². The highest BCUT2D eigenvalue weighted by atomic mass is 32.2. The van der Waals surface area contributed by atoms with Gasteiger partial charge in [-0.3, -0.25) is 13.9 Å². The molecule has 9 nitrogen and oxygen atoms in total. The molecule has 0 heterocycles. The SMILES string of the molecule is CCCCNC(=O)[C@@H](Cc1ccccc1)N(Cc1ccc(F)cc1)C(=O)CN(c1cc(OC)ccc1OC)S(=O)(=O)c1ccc(C)cc1. The summed E-state index contributed by atoms with van der Waals surface area (Å²) in [4.78, 5) is 29.8. The third kappa shape index (κ3) is 9.13. The van der Waals surface area contributed by atoms with Crippen LogP contribution in [0.4, 0.5) is 10.1 Å². The second kappa shape index (κ2) is 16.8. The van der Waals surface area contributed by atoms with E-state index in [9.17, 15) is 22.4 Å². The molecule has 1 atom stereocenters. The van der Waals surface area contributed by atoms with Gasteiger partial charge in [0.1, 0.15) is 29.9 Å². The Kier molecular flexibility index (Phi) is 12.6. The lowest BCUT2D eigenvalue weighted by atomic mass is 10.0. The molecule has 0 aliphatic rings. The third-order valence-corrected chi connectivity index (χ3v) is 9.68. The maximum Gasteiger partial charge on any atom is 0.264 e. The number of ether oxygens (including phenoxy) is 2. The van der Waals surface area contributed by atoms with E-state index < -0.39 is 34.3 Å². The second-order valence-corrected chi connectivity index (χ2v) is 13.2. The van der Waals surface area contributed by atoms with E-state index in [0.29, 0.717) is 17.9 Å². The zero-order valence-electron chi connectivity index (χ0n) is 27.7. The van der Waals surface area contributed by atoms with Crippen molar-refractivity contribution in [2.24, 2.45) is 0 Å². The van der Waals surface area contributed by atoms with Gasteiger partial charge in [-0.05, 0) is 60.9 Å². The zero-order valence-corrected chi connectivity index (χ0v) is 28.5. The van der Waals surface area contributed by atoms with Crippen LogP contribution in [-0.4, -0.2) is 58.5 Å². The van der Waals surface area contributed by atoms with Crippen LogP contribution < -0.4 is 19.1 Å². The highest BCUT2D eigenvalue weighted by molar-refractivity contribution is 7.92. The van der Waals surface area contributed by atoms with E-state index in [2.05, 4.69) is 5.32 Å². The summed E-state index contributed by atoms with van der Waals surface area (Å²) in [6.45, 7) is 3.51. The number of methoxy groups -OCH3 is 2. The standard InChI is InChI=1S/C37H42FN3O6S/c1-5-6-22-39-37(43)34(23-28-10-8-7-9-11-28)40(25-29-14-16-30(38)17-15-29)36(42)26-41(33-24-31(46-3)18-21-35(33)47-4)48(44,45)32-19-12-27(2)13-20-32/h7-21,24,34H,5-6,22-23,25-26H2,1-4H3,(H,39,43)/t34-/m1/s1. The molecule has 4 aromatic carbocycles. The Bertz CT molecular complexity index is 1770. The molecule has 4 aromatic rings. The topological polar surface area (TPSA) is 105 Å². The average molecular weight is 676 g/mol. The first-order valence-electron chi connectivity index (χ1n) is 15.7. The predicted octanol–water partition coefficient (Wildman–Crippen LogP) is 5.90. The van der Waals surface area contributed by atoms with Crippen molar-refractivity contribution in [1.29, 1.82) is 0 Å². The molecule has 0 unspecified atom stereocenters. The number of amides is 2. The number of hydrogen-bond donors (Lipinski definition) is 1. The van der Waals surface area contributed by atoms with Crippen LogP contribution in [0, 0.1) is 12.7 Å². The Labute approximate surface area is 282 Å². The highest BCUT2D eigenvalue weighted by Crippen LogP contribution is 2.36. The fourth-order valence-electron chi connectivity index (χ4n) is 5.19. The number of anilines is 1. The van der Waals surface area contributed by atoms with Crippen LogP contribution in [-0.2, 0) is 32.6 Å². The first-order chi connectivity index (χ1) is 23.1. The van der Waals surface area contributed by atoms with E-state index in [1.807, 2.05) is 44.2 Å². The smallest absolute Gasteiger partial charge is 0.264 e. The van der Waals surface area contributed by atoms with Gasteiger partial charge in [-0.25, -0.2) is 12.8 Å². The number of nitrogens with one attached hydrogen (secondary N) is 1. The number of rotatable bonds is 16. The quantitative estimate of drug-likeness (QED) is 0.148. The first kappa shape index (κ1) is 35.9. The summed E-state index contributed by atoms with van der Waals surface area (Å²) < 4.78 is 54.6. The Morgan fingerprint density at radius 1 is 0.875 bits per heavy atom. The zero-order chi connectivity index (χ0) is 34.7. The number of carbonyl (C=O) groups excluding carboxylic acids is 2. The molecule has 0 spiro atoms. The molecule has 0 bridgehead atoms. The molecule has 11 heteroatoms. The summed E-state index contributed by atoms with van der Waals surface area (Å²) >= 11 is 0. The van der Waals surface area contributed by atoms with Gasteiger partial charge >= 0.3 is 0 Å². The number of halogens is 1. The van der Waals surface area contributed by atoms with Crippen molar-refractivity contribution in [3.05, 3.63) is 120 Å². The lowest BCUT2D eigenvalue weighted by molar-refractivity contribution is -0.140. The van der Waals surface area contributed by atoms with Crippen LogP contribution in [0.25, 0.3) is 0 Å². The second-order valence-electron chi connectivity index (χ2n) is 11.4. The summed E-state index contributed by atoms with van der Waals surface area (Å²) in [7, 11) is -1.50. The van der Waals surface area contributed by atoms with Gasteiger partial charge < -0.3 is 19.7 Å². The summed E-state index contributed by atoms with van der Waals surface area (Å²) in [6.07, 6.45) is 1.77. The van der Waals surface area contributed by atoms with Crippen LogP contribution in [0.3, 0.4) is 0 Å². The van der Waals surface area contributed by atoms with Crippen molar-refractivity contribution in [2.45, 2.75) is 50.6 Å². The van der Waals surface area contributed by atoms with E-state index >= 15 is 0 Å². The summed E-state index contributed by atoms with van der Waals surface area (Å²) in [5.74, 6) is -0.929. The largest absolute Gasteiger partial charge is 0.497 e. The minimum Gasteiger partial charge on any atom is -0.497 e. The van der Waals surface area contributed by atoms with Gasteiger partial charge in [0.25, 0.3) is 10.0 Å². The minimum absolute atomic E-state index is 0.0333. The molecule has 0 saturated carbocycles. The maximum atomic E-state index is 14.6. The van der Waals surface area contributed by atoms with Crippen molar-refractivity contribution in [3.8, 4) is 11.5 Å². The molecule has 254 valence electrons. The van der Waals surface area contributed by atoms with Gasteiger partial charge in [-0.1, -0.05) is 73.5 Å². The lowest BCUT2D eigenvalue weighted by Crippen LogP contribution is -2.53. The fraction of sp³-hybridized carbons (Fsp3) is 0.297. The Hall–Kier alpha value is -4.90. The monoisotopic (exact) mass is 675 g/mol. The molecule has 0 radical (unpaired) electrons. The molecule has 0 saturated heterocycles. The number of benzene rings is 4. The Morgan fingerprint density at radius 2 is 1.56 bits per heavy atom. The Balaban J connectivity index is 1.85. The molecule has 4 rings (SSSR count). The minimum atomic E-state index is -4.36. The van der Waals surface area contributed by atoms with Crippen LogP contribution in [0.15, 0.2) is 102 Å². The molecule has 2 amide bonds. The van der Waals surface area contributed by atoms with Gasteiger partial charge in [0.2, 0.25) is 11.8 Å². The number of hydrogen-bond acceptors (Lipinski definition) is 6. The van der Waals surface area contributed by atoms with Crippen molar-refractivity contribution in [2.75, 3.05) is 31.6 Å². The molecule has 48 heavy (non-hydrogen) atoms. The summed E-state index contributed by atoms with van der Waals surface area (Å²) in [5, 5.41) is 2.95. The molecule has 1 N–H and O–H groups in total. The van der Waals surface area contributed by atoms with E-state index in [0.717, 1.165) is 28.3 Å². The predicted molar refractivity (Wildman–Crippen MR) is 184 cm³/mol. The normalized spacial score (nSPS) is 11.8. The van der Waals surface area contributed by atoms with Gasteiger partial charge in [-0.15, -0.1) is 0 Å². The van der Waals surface area contributed by atoms with Crippen molar-refractivity contribution in [1.82, 2.24) is 10.2 Å². The first-order valence-corrected chi connectivity index (χ1v) is 17.2. The molecular weight excluding hydrogens is 633 g/mol. The van der Waals surface area contributed by atoms with Crippen molar-refractivity contribution < 1.29 is 31.9 Å². The van der Waals surface area contributed by atoms with E-state index in [1.165, 1.54) is 61.6 Å². The van der Waals surface area contributed by atoms with Crippen molar-refractivity contribution in [3.63, 3.8) is 0 Å².